The molecule has 0 fully saturated rings. The molecule has 31 heavy (non-hydrogen) atoms. The first-order valence-corrected chi connectivity index (χ1v) is 9.78. The molecule has 1 aliphatic rings. The maximum atomic E-state index is 12.9. The van der Waals surface area contributed by atoms with Gasteiger partial charge in [-0.25, -0.2) is 9.97 Å². The molecule has 6 nitrogen and oxygen atoms in total. The Bertz CT molecular complexity index is 1070. The number of pyridine rings is 1. The first-order chi connectivity index (χ1) is 14.8. The minimum Gasteiger partial charge on any atom is -0.373 e. The third-order valence-corrected chi connectivity index (χ3v) is 5.22. The Balaban J connectivity index is 1.51. The van der Waals surface area contributed by atoms with Crippen LogP contribution in [0, 0.1) is 0 Å². The lowest BCUT2D eigenvalue weighted by atomic mass is 9.97. The van der Waals surface area contributed by atoms with Crippen LogP contribution in [0.3, 0.4) is 0 Å². The monoisotopic (exact) mass is 427 g/mol. The van der Waals surface area contributed by atoms with E-state index in [1.54, 1.807) is 30.3 Å². The Kier molecular flexibility index (Phi) is 5.58. The highest BCUT2D eigenvalue weighted by molar-refractivity contribution is 5.84. The van der Waals surface area contributed by atoms with Crippen molar-refractivity contribution in [1.29, 1.82) is 0 Å². The average molecular weight is 427 g/mol. The van der Waals surface area contributed by atoms with Gasteiger partial charge in [-0.15, -0.1) is 0 Å². The van der Waals surface area contributed by atoms with Crippen LogP contribution in [0.2, 0.25) is 0 Å². The summed E-state index contributed by atoms with van der Waals surface area (Å²) in [5.41, 5.74) is 2.82. The smallest absolute Gasteiger partial charge is 0.373 e. The molecule has 9 heteroatoms. The molecular weight excluding hydrogens is 407 g/mol. The fourth-order valence-corrected chi connectivity index (χ4v) is 3.64. The Morgan fingerprint density at radius 3 is 2.61 bits per heavy atom. The van der Waals surface area contributed by atoms with E-state index in [2.05, 4.69) is 20.3 Å². The van der Waals surface area contributed by atoms with E-state index in [0.29, 0.717) is 36.5 Å². The number of rotatable bonds is 4. The van der Waals surface area contributed by atoms with Crippen LogP contribution in [0.15, 0.2) is 55.1 Å². The van der Waals surface area contributed by atoms with Crippen LogP contribution >= 0.6 is 0 Å². The predicted octanol–water partition coefficient (Wildman–Crippen LogP) is 3.94. The van der Waals surface area contributed by atoms with Gasteiger partial charge in [-0.2, -0.15) is 13.2 Å². The Morgan fingerprint density at radius 1 is 1.16 bits per heavy atom. The zero-order valence-electron chi connectivity index (χ0n) is 16.7. The number of anilines is 1. The summed E-state index contributed by atoms with van der Waals surface area (Å²) in [5, 5.41) is 3.14. The van der Waals surface area contributed by atoms with E-state index in [1.807, 2.05) is 6.07 Å². The van der Waals surface area contributed by atoms with Crippen LogP contribution in [0.5, 0.6) is 0 Å². The molecule has 1 N–H and O–H groups in total. The molecule has 1 amide bonds. The van der Waals surface area contributed by atoms with E-state index in [0.717, 1.165) is 23.4 Å². The molecule has 0 unspecified atom stereocenters. The summed E-state index contributed by atoms with van der Waals surface area (Å²) in [6.07, 6.45) is 0.839. The Morgan fingerprint density at radius 2 is 1.94 bits per heavy atom. The molecule has 2 aromatic heterocycles. The normalized spacial score (nSPS) is 14.6. The van der Waals surface area contributed by atoms with Crippen molar-refractivity contribution in [3.63, 3.8) is 0 Å². The van der Waals surface area contributed by atoms with Crippen molar-refractivity contribution in [3.05, 3.63) is 71.9 Å². The summed E-state index contributed by atoms with van der Waals surface area (Å²) >= 11 is 0. The number of fused-ring (bicyclic) bond motifs is 1. The molecule has 0 aliphatic carbocycles. The van der Waals surface area contributed by atoms with Crippen molar-refractivity contribution in [3.8, 4) is 11.3 Å². The number of halogens is 3. The molecule has 0 bridgehead atoms. The molecule has 0 spiro atoms. The second-order valence-corrected chi connectivity index (χ2v) is 7.34. The lowest BCUT2D eigenvalue weighted by Gasteiger charge is -2.31. The minimum absolute atomic E-state index is 0.0656. The highest BCUT2D eigenvalue weighted by Crippen LogP contribution is 2.32. The van der Waals surface area contributed by atoms with Gasteiger partial charge < -0.3 is 10.2 Å². The molecule has 1 aliphatic heterocycles. The molecular formula is C22H20F3N5O. The number of alkyl halides is 3. The third-order valence-electron chi connectivity index (χ3n) is 5.22. The fraction of sp³-hybridized carbons (Fsp3) is 0.273. The van der Waals surface area contributed by atoms with Gasteiger partial charge in [0.1, 0.15) is 12.4 Å². The number of nitrogens with zero attached hydrogens (tertiary/aromatic N) is 4. The van der Waals surface area contributed by atoms with E-state index < -0.39 is 17.8 Å². The average Bonchev–Trinajstić information content (AvgIpc) is 2.78. The van der Waals surface area contributed by atoms with Crippen LogP contribution in [-0.4, -0.2) is 38.3 Å². The molecule has 0 saturated heterocycles. The van der Waals surface area contributed by atoms with Gasteiger partial charge in [-0.1, -0.05) is 12.1 Å². The number of amides is 1. The predicted molar refractivity (Wildman–Crippen MR) is 109 cm³/mol. The topological polar surface area (TPSA) is 71.0 Å². The van der Waals surface area contributed by atoms with Crippen molar-refractivity contribution in [1.82, 2.24) is 19.9 Å². The van der Waals surface area contributed by atoms with Gasteiger partial charge in [0.15, 0.2) is 0 Å². The molecule has 160 valence electrons. The Labute approximate surface area is 177 Å². The van der Waals surface area contributed by atoms with Gasteiger partial charge in [0.2, 0.25) is 5.91 Å². The highest BCUT2D eigenvalue weighted by Gasteiger charge is 2.31. The van der Waals surface area contributed by atoms with E-state index in [4.69, 9.17) is 0 Å². The van der Waals surface area contributed by atoms with Crippen molar-refractivity contribution in [2.75, 3.05) is 11.9 Å². The van der Waals surface area contributed by atoms with Crippen LogP contribution in [-0.2, 0) is 23.9 Å². The maximum Gasteiger partial charge on any atom is 0.416 e. The molecule has 3 heterocycles. The lowest BCUT2D eigenvalue weighted by molar-refractivity contribution is -0.137. The second kappa shape index (κ2) is 8.33. The first-order valence-electron chi connectivity index (χ1n) is 9.78. The summed E-state index contributed by atoms with van der Waals surface area (Å²) in [6, 6.07) is 8.12. The zero-order valence-corrected chi connectivity index (χ0v) is 16.7. The van der Waals surface area contributed by atoms with Crippen LogP contribution in [0.1, 0.15) is 23.7 Å². The van der Waals surface area contributed by atoms with Gasteiger partial charge in [0, 0.05) is 30.1 Å². The molecule has 0 radical (unpaired) electrons. The van der Waals surface area contributed by atoms with Gasteiger partial charge in [0.25, 0.3) is 0 Å². The second-order valence-electron chi connectivity index (χ2n) is 7.34. The summed E-state index contributed by atoms with van der Waals surface area (Å²) in [6.45, 7) is 2.59. The van der Waals surface area contributed by atoms with E-state index >= 15 is 0 Å². The van der Waals surface area contributed by atoms with Gasteiger partial charge >= 0.3 is 6.18 Å². The maximum absolute atomic E-state index is 12.9. The van der Waals surface area contributed by atoms with E-state index in [1.165, 1.54) is 18.5 Å². The van der Waals surface area contributed by atoms with Gasteiger partial charge in [-0.05, 0) is 37.6 Å². The van der Waals surface area contributed by atoms with Crippen LogP contribution in [0.4, 0.5) is 18.9 Å². The molecule has 1 atom stereocenters. The molecule has 0 saturated carbocycles. The van der Waals surface area contributed by atoms with Crippen molar-refractivity contribution in [2.45, 2.75) is 32.1 Å². The zero-order chi connectivity index (χ0) is 22.0. The summed E-state index contributed by atoms with van der Waals surface area (Å²) in [4.78, 5) is 27.3. The third kappa shape index (κ3) is 4.50. The largest absolute Gasteiger partial charge is 0.416 e. The number of benzene rings is 1. The first kappa shape index (κ1) is 20.8. The number of carbonyl (C=O) groups excluding carboxylic acids is 1. The van der Waals surface area contributed by atoms with E-state index in [9.17, 15) is 18.0 Å². The van der Waals surface area contributed by atoms with Gasteiger partial charge in [0.05, 0.1) is 29.2 Å². The summed E-state index contributed by atoms with van der Waals surface area (Å²) in [7, 11) is 0. The van der Waals surface area contributed by atoms with Crippen LogP contribution in [0.25, 0.3) is 11.3 Å². The lowest BCUT2D eigenvalue weighted by Crippen LogP contribution is -2.44. The number of hydrogen-bond acceptors (Lipinski definition) is 5. The standard InChI is InChI=1S/C22H20F3N5O/c1-14(29-17-3-2-9-26-11-17)21(31)30-10-8-18-19(12-30)27-13-28-20(18)15-4-6-16(7-5-15)22(23,24)25/h2-7,9,11,13-14,29H,8,10,12H2,1H3/t14-/m1/s1. The van der Waals surface area contributed by atoms with Crippen LogP contribution < -0.4 is 5.32 Å². The molecule has 4 rings (SSSR count). The van der Waals surface area contributed by atoms with Crippen molar-refractivity contribution >= 4 is 11.6 Å². The van der Waals surface area contributed by atoms with E-state index in [-0.39, 0.29) is 5.91 Å². The SMILES string of the molecule is C[C@@H](Nc1cccnc1)C(=O)N1CCc2c(ncnc2-c2ccc(C(F)(F)F)cc2)C1. The quantitative estimate of drug-likeness (QED) is 0.683. The number of nitrogens with one attached hydrogen (secondary N) is 1. The molecule has 1 aromatic carbocycles. The summed E-state index contributed by atoms with van der Waals surface area (Å²) in [5.74, 6) is -0.0656. The number of carbonyl (C=O) groups is 1. The summed E-state index contributed by atoms with van der Waals surface area (Å²) < 4.78 is 38.5. The number of hydrogen-bond donors (Lipinski definition) is 1. The Hall–Kier alpha value is -3.49. The van der Waals surface area contributed by atoms with Crippen molar-refractivity contribution in [2.24, 2.45) is 0 Å². The fourth-order valence-electron chi connectivity index (χ4n) is 3.64. The minimum atomic E-state index is -4.38. The highest BCUT2D eigenvalue weighted by atomic mass is 19.4. The number of aromatic nitrogens is 3. The van der Waals surface area contributed by atoms with Gasteiger partial charge in [-0.3, -0.25) is 9.78 Å². The molecule has 3 aromatic rings. The van der Waals surface area contributed by atoms with Crippen molar-refractivity contribution < 1.29 is 18.0 Å².